The number of alkyl halides is 4. The van der Waals surface area contributed by atoms with Crippen LogP contribution >= 0.6 is 11.6 Å². The highest BCUT2D eigenvalue weighted by Crippen LogP contribution is 2.29. The highest BCUT2D eigenvalue weighted by Gasteiger charge is 2.32. The summed E-state index contributed by atoms with van der Waals surface area (Å²) in [6.07, 6.45) is -7.43. The number of pyridine rings is 1. The number of aromatic nitrogens is 1. The summed E-state index contributed by atoms with van der Waals surface area (Å²) in [4.78, 5) is 13.1. The maximum absolute atomic E-state index is 12.4. The Kier molecular flexibility index (Phi) is 4.18. The van der Waals surface area contributed by atoms with Crippen LogP contribution in [0.5, 0.6) is 0 Å². The van der Waals surface area contributed by atoms with Crippen LogP contribution < -0.4 is 5.56 Å². The first-order valence-electron chi connectivity index (χ1n) is 4.49. The van der Waals surface area contributed by atoms with Crippen molar-refractivity contribution in [1.29, 1.82) is 0 Å². The van der Waals surface area contributed by atoms with Gasteiger partial charge in [-0.3, -0.25) is 4.79 Å². The van der Waals surface area contributed by atoms with Crippen molar-refractivity contribution in [3.8, 4) is 0 Å². The molecule has 8 heteroatoms. The van der Waals surface area contributed by atoms with E-state index in [0.717, 1.165) is 0 Å². The van der Waals surface area contributed by atoms with E-state index in [4.69, 9.17) is 11.6 Å². The molecule has 1 aromatic heterocycles. The Morgan fingerprint density at radius 2 is 2.00 bits per heavy atom. The van der Waals surface area contributed by atoms with Gasteiger partial charge in [-0.1, -0.05) is 0 Å². The number of aliphatic hydroxyl groups excluding tert-OH is 2. The number of rotatable bonds is 3. The maximum Gasteiger partial charge on any atom is 0.417 e. The molecule has 4 nitrogen and oxygen atoms in total. The summed E-state index contributed by atoms with van der Waals surface area (Å²) < 4.78 is 37.1. The van der Waals surface area contributed by atoms with Crippen LogP contribution in [-0.2, 0) is 6.18 Å². The van der Waals surface area contributed by atoms with Crippen LogP contribution in [0.15, 0.2) is 17.1 Å². The third kappa shape index (κ3) is 3.21. The van der Waals surface area contributed by atoms with Gasteiger partial charge in [0, 0.05) is 11.8 Å². The summed E-state index contributed by atoms with van der Waals surface area (Å²) >= 11 is 5.23. The molecule has 0 fully saturated rings. The van der Waals surface area contributed by atoms with E-state index in [9.17, 15) is 28.2 Å². The van der Waals surface area contributed by atoms with Gasteiger partial charge in [-0.2, -0.15) is 13.2 Å². The van der Waals surface area contributed by atoms with Gasteiger partial charge in [0.2, 0.25) is 0 Å². The second-order valence-electron chi connectivity index (χ2n) is 3.34. The fourth-order valence-corrected chi connectivity index (χ4v) is 1.35. The molecule has 0 spiro atoms. The van der Waals surface area contributed by atoms with E-state index in [1.807, 2.05) is 4.98 Å². The Morgan fingerprint density at radius 1 is 1.41 bits per heavy atom. The van der Waals surface area contributed by atoms with Gasteiger partial charge in [-0.25, -0.2) is 0 Å². The maximum atomic E-state index is 12.4. The van der Waals surface area contributed by atoms with E-state index in [1.165, 1.54) is 0 Å². The molecule has 1 rings (SSSR count). The number of hydrogen-bond donors (Lipinski definition) is 3. The number of nitrogens with one attached hydrogen (secondary N) is 1. The van der Waals surface area contributed by atoms with Gasteiger partial charge in [-0.15, -0.1) is 11.6 Å². The summed E-state index contributed by atoms with van der Waals surface area (Å²) in [5, 5.41) is 18.6. The van der Waals surface area contributed by atoms with Crippen LogP contribution in [0, 0.1) is 0 Å². The van der Waals surface area contributed by atoms with Gasteiger partial charge in [0.05, 0.1) is 17.5 Å². The summed E-state index contributed by atoms with van der Waals surface area (Å²) in [7, 11) is 0. The Hall–Kier alpha value is -1.05. The van der Waals surface area contributed by atoms with Gasteiger partial charge in [-0.05, 0) is 6.07 Å². The fourth-order valence-electron chi connectivity index (χ4n) is 1.18. The molecule has 17 heavy (non-hydrogen) atoms. The van der Waals surface area contributed by atoms with Crippen molar-refractivity contribution < 1.29 is 23.4 Å². The Bertz CT molecular complexity index is 446. The summed E-state index contributed by atoms with van der Waals surface area (Å²) in [5.74, 6) is -0.406. The predicted octanol–water partition coefficient (Wildman–Crippen LogP) is 1.03. The van der Waals surface area contributed by atoms with Crippen molar-refractivity contribution in [2.45, 2.75) is 18.4 Å². The quantitative estimate of drug-likeness (QED) is 0.719. The van der Waals surface area contributed by atoms with Crippen molar-refractivity contribution in [1.82, 2.24) is 4.98 Å². The van der Waals surface area contributed by atoms with Gasteiger partial charge >= 0.3 is 6.18 Å². The molecule has 1 aromatic rings. The second-order valence-corrected chi connectivity index (χ2v) is 3.65. The molecule has 0 radical (unpaired) electrons. The van der Waals surface area contributed by atoms with Gasteiger partial charge in [0.15, 0.2) is 0 Å². The lowest BCUT2D eigenvalue weighted by Gasteiger charge is -2.16. The fraction of sp³-hybridized carbons (Fsp3) is 0.444. The molecule has 0 aromatic carbocycles. The van der Waals surface area contributed by atoms with E-state index >= 15 is 0 Å². The molecule has 0 bridgehead atoms. The van der Waals surface area contributed by atoms with E-state index in [2.05, 4.69) is 0 Å². The molecule has 1 heterocycles. The van der Waals surface area contributed by atoms with Crippen molar-refractivity contribution in [2.75, 3.05) is 5.88 Å². The topological polar surface area (TPSA) is 73.3 Å². The minimum absolute atomic E-state index is 0.406. The molecule has 0 aliphatic carbocycles. The standard InChI is InChI=1S/C9H9ClF3NO3/c10-2-6(15)7(16)5-1-4(9(11,12)13)3-14-8(5)17/h1,3,6-7,15-16H,2H2,(H,14,17). The second kappa shape index (κ2) is 5.07. The van der Waals surface area contributed by atoms with Crippen molar-refractivity contribution in [3.63, 3.8) is 0 Å². The summed E-state index contributed by atoms with van der Waals surface area (Å²) in [5.41, 5.74) is -2.60. The highest BCUT2D eigenvalue weighted by molar-refractivity contribution is 6.18. The lowest BCUT2D eigenvalue weighted by Crippen LogP contribution is -2.27. The molecule has 2 atom stereocenters. The zero-order chi connectivity index (χ0) is 13.2. The average Bonchev–Trinajstić information content (AvgIpc) is 2.26. The lowest BCUT2D eigenvalue weighted by atomic mass is 10.1. The number of aliphatic hydroxyl groups is 2. The molecule has 0 aliphatic rings. The first-order chi connectivity index (χ1) is 7.77. The van der Waals surface area contributed by atoms with Crippen LogP contribution in [0.2, 0.25) is 0 Å². The van der Waals surface area contributed by atoms with Crippen LogP contribution in [0.4, 0.5) is 13.2 Å². The molecule has 0 amide bonds. The summed E-state index contributed by atoms with van der Waals surface area (Å²) in [6, 6.07) is 0.485. The molecule has 2 unspecified atom stereocenters. The van der Waals surface area contributed by atoms with Gasteiger partial charge in [0.25, 0.3) is 5.56 Å². The molecule has 3 N–H and O–H groups in total. The first-order valence-corrected chi connectivity index (χ1v) is 5.02. The molecule has 96 valence electrons. The summed E-state index contributed by atoms with van der Waals surface area (Å²) in [6.45, 7) is 0. The highest BCUT2D eigenvalue weighted by atomic mass is 35.5. The number of aromatic amines is 1. The lowest BCUT2D eigenvalue weighted by molar-refractivity contribution is -0.138. The Labute approximate surface area is 98.7 Å². The number of halogens is 4. The number of hydrogen-bond acceptors (Lipinski definition) is 3. The van der Waals surface area contributed by atoms with Crippen molar-refractivity contribution >= 4 is 11.6 Å². The zero-order valence-electron chi connectivity index (χ0n) is 8.33. The van der Waals surface area contributed by atoms with Gasteiger partial charge < -0.3 is 15.2 Å². The molecule has 0 saturated carbocycles. The molecule has 0 aliphatic heterocycles. The third-order valence-corrected chi connectivity index (χ3v) is 2.42. The van der Waals surface area contributed by atoms with E-state index in [0.29, 0.717) is 12.3 Å². The van der Waals surface area contributed by atoms with Gasteiger partial charge in [0.1, 0.15) is 6.10 Å². The monoisotopic (exact) mass is 271 g/mol. The van der Waals surface area contributed by atoms with Crippen LogP contribution in [0.1, 0.15) is 17.2 Å². The molecule has 0 saturated heterocycles. The number of H-pyrrole nitrogens is 1. The average molecular weight is 272 g/mol. The molecular formula is C9H9ClF3NO3. The SMILES string of the molecule is O=c1[nH]cc(C(F)(F)F)cc1C(O)C(O)CCl. The van der Waals surface area contributed by atoms with Crippen molar-refractivity contribution in [3.05, 3.63) is 33.7 Å². The predicted molar refractivity (Wildman–Crippen MR) is 53.8 cm³/mol. The molecular weight excluding hydrogens is 263 g/mol. The minimum atomic E-state index is -4.65. The van der Waals surface area contributed by atoms with Crippen LogP contribution in [0.3, 0.4) is 0 Å². The Balaban J connectivity index is 3.20. The van der Waals surface area contributed by atoms with Crippen LogP contribution in [0.25, 0.3) is 0 Å². The third-order valence-electron chi connectivity index (χ3n) is 2.10. The zero-order valence-corrected chi connectivity index (χ0v) is 9.09. The van der Waals surface area contributed by atoms with E-state index in [1.54, 1.807) is 0 Å². The van der Waals surface area contributed by atoms with Crippen LogP contribution in [-0.4, -0.2) is 27.2 Å². The van der Waals surface area contributed by atoms with Crippen molar-refractivity contribution in [2.24, 2.45) is 0 Å². The first kappa shape index (κ1) is 14.0. The Morgan fingerprint density at radius 3 is 2.47 bits per heavy atom. The van der Waals surface area contributed by atoms with E-state index in [-0.39, 0.29) is 0 Å². The minimum Gasteiger partial charge on any atom is -0.389 e. The van der Waals surface area contributed by atoms with E-state index < -0.39 is 41.0 Å². The smallest absolute Gasteiger partial charge is 0.389 e. The normalized spacial score (nSPS) is 15.6. The largest absolute Gasteiger partial charge is 0.417 e.